The number of alkyl halides is 1. The van der Waals surface area contributed by atoms with Crippen LogP contribution in [0.4, 0.5) is 0 Å². The maximum atomic E-state index is 12.7. The highest BCUT2D eigenvalue weighted by Crippen LogP contribution is 2.26. The van der Waals surface area contributed by atoms with E-state index in [1.54, 1.807) is 23.1 Å². The Hall–Kier alpha value is -0.970. The number of methoxy groups -OCH3 is 1. The number of nitrogens with zero attached hydrogens (tertiary/aromatic N) is 1. The van der Waals surface area contributed by atoms with Gasteiger partial charge in [-0.1, -0.05) is 11.6 Å². The van der Waals surface area contributed by atoms with Gasteiger partial charge in [-0.25, -0.2) is 0 Å². The third-order valence-corrected chi connectivity index (χ3v) is 3.91. The lowest BCUT2D eigenvalue weighted by Gasteiger charge is -2.37. The van der Waals surface area contributed by atoms with E-state index < -0.39 is 0 Å². The number of benzene rings is 1. The Morgan fingerprint density at radius 2 is 2.30 bits per heavy atom. The van der Waals surface area contributed by atoms with E-state index in [4.69, 9.17) is 32.7 Å². The highest BCUT2D eigenvalue weighted by atomic mass is 35.5. The summed E-state index contributed by atoms with van der Waals surface area (Å²) >= 11 is 11.7. The molecule has 2 unspecified atom stereocenters. The lowest BCUT2D eigenvalue weighted by Crippen LogP contribution is -2.51. The Kier molecular flexibility index (Phi) is 5.13. The second-order valence-electron chi connectivity index (χ2n) is 4.76. The van der Waals surface area contributed by atoms with Crippen molar-refractivity contribution in [1.29, 1.82) is 0 Å². The molecule has 110 valence electrons. The fourth-order valence-electron chi connectivity index (χ4n) is 2.19. The minimum Gasteiger partial charge on any atom is -0.496 e. The van der Waals surface area contributed by atoms with Crippen LogP contribution in [0.15, 0.2) is 18.2 Å². The third kappa shape index (κ3) is 3.19. The second-order valence-corrected chi connectivity index (χ2v) is 5.51. The summed E-state index contributed by atoms with van der Waals surface area (Å²) < 4.78 is 10.8. The molecule has 2 rings (SSSR count). The average molecular weight is 318 g/mol. The molecule has 20 heavy (non-hydrogen) atoms. The second kappa shape index (κ2) is 6.66. The summed E-state index contributed by atoms with van der Waals surface area (Å²) in [7, 11) is 1.52. The van der Waals surface area contributed by atoms with E-state index in [0.717, 1.165) is 0 Å². The van der Waals surface area contributed by atoms with Gasteiger partial charge in [-0.05, 0) is 25.1 Å². The van der Waals surface area contributed by atoms with Crippen LogP contribution in [0.3, 0.4) is 0 Å². The number of ether oxygens (including phenoxy) is 2. The molecule has 1 heterocycles. The first kappa shape index (κ1) is 15.4. The van der Waals surface area contributed by atoms with Crippen molar-refractivity contribution < 1.29 is 14.3 Å². The minimum atomic E-state index is -0.130. The van der Waals surface area contributed by atoms with Crippen molar-refractivity contribution in [2.24, 2.45) is 0 Å². The molecule has 0 aromatic heterocycles. The zero-order chi connectivity index (χ0) is 14.7. The summed E-state index contributed by atoms with van der Waals surface area (Å²) in [5.74, 6) is 0.752. The van der Waals surface area contributed by atoms with Crippen LogP contribution >= 0.6 is 23.2 Å². The van der Waals surface area contributed by atoms with Crippen LogP contribution in [-0.2, 0) is 4.74 Å². The molecule has 1 aliphatic heterocycles. The van der Waals surface area contributed by atoms with E-state index >= 15 is 0 Å². The Morgan fingerprint density at radius 1 is 1.55 bits per heavy atom. The van der Waals surface area contributed by atoms with Crippen molar-refractivity contribution in [2.75, 3.05) is 26.1 Å². The predicted octanol–water partition coefficient (Wildman–Crippen LogP) is 2.82. The van der Waals surface area contributed by atoms with Gasteiger partial charge in [0, 0.05) is 11.6 Å². The van der Waals surface area contributed by atoms with E-state index in [0.29, 0.717) is 35.4 Å². The van der Waals surface area contributed by atoms with E-state index in [1.807, 2.05) is 6.92 Å². The molecule has 0 radical (unpaired) electrons. The third-order valence-electron chi connectivity index (χ3n) is 3.33. The molecule has 0 spiro atoms. The van der Waals surface area contributed by atoms with Gasteiger partial charge in [0.15, 0.2) is 0 Å². The van der Waals surface area contributed by atoms with Crippen molar-refractivity contribution in [3.05, 3.63) is 28.8 Å². The molecule has 0 aliphatic carbocycles. The fraction of sp³-hybridized carbons (Fsp3) is 0.500. The number of amides is 1. The number of carbonyl (C=O) groups is 1. The summed E-state index contributed by atoms with van der Waals surface area (Å²) in [6.45, 7) is 2.92. The Balaban J connectivity index is 2.25. The Morgan fingerprint density at radius 3 is 2.95 bits per heavy atom. The summed E-state index contributed by atoms with van der Waals surface area (Å²) in [5.41, 5.74) is 0.499. The zero-order valence-electron chi connectivity index (χ0n) is 11.4. The molecule has 1 aromatic rings. The van der Waals surface area contributed by atoms with Crippen LogP contribution in [0.1, 0.15) is 17.3 Å². The molecule has 6 heteroatoms. The largest absolute Gasteiger partial charge is 0.496 e. The monoisotopic (exact) mass is 317 g/mol. The molecule has 0 N–H and O–H groups in total. The van der Waals surface area contributed by atoms with Crippen molar-refractivity contribution in [1.82, 2.24) is 4.90 Å². The number of halogens is 2. The van der Waals surface area contributed by atoms with Crippen molar-refractivity contribution >= 4 is 29.1 Å². The Labute approximate surface area is 128 Å². The summed E-state index contributed by atoms with van der Waals surface area (Å²) in [6, 6.07) is 5.00. The smallest absolute Gasteiger partial charge is 0.258 e. The van der Waals surface area contributed by atoms with Gasteiger partial charge >= 0.3 is 0 Å². The first-order chi connectivity index (χ1) is 9.56. The number of hydrogen-bond donors (Lipinski definition) is 0. The SMILES string of the molecule is COc1cc(Cl)ccc1C(=O)N1CC(CCl)OCC1C. The van der Waals surface area contributed by atoms with Gasteiger partial charge in [-0.15, -0.1) is 11.6 Å². The van der Waals surface area contributed by atoms with Gasteiger partial charge in [0.05, 0.1) is 37.3 Å². The number of hydrogen-bond acceptors (Lipinski definition) is 3. The van der Waals surface area contributed by atoms with Crippen LogP contribution in [0, 0.1) is 0 Å². The molecule has 1 amide bonds. The van der Waals surface area contributed by atoms with Gasteiger partial charge < -0.3 is 14.4 Å². The molecule has 2 atom stereocenters. The molecule has 0 saturated carbocycles. The lowest BCUT2D eigenvalue weighted by molar-refractivity contribution is -0.0372. The average Bonchev–Trinajstić information content (AvgIpc) is 2.47. The maximum Gasteiger partial charge on any atom is 0.258 e. The van der Waals surface area contributed by atoms with Gasteiger partial charge in [0.1, 0.15) is 5.75 Å². The van der Waals surface area contributed by atoms with E-state index in [9.17, 15) is 4.79 Å². The van der Waals surface area contributed by atoms with Gasteiger partial charge in [0.2, 0.25) is 0 Å². The number of rotatable bonds is 3. The van der Waals surface area contributed by atoms with Gasteiger partial charge in [-0.2, -0.15) is 0 Å². The van der Waals surface area contributed by atoms with Crippen LogP contribution in [0.5, 0.6) is 5.75 Å². The van der Waals surface area contributed by atoms with Crippen molar-refractivity contribution in [2.45, 2.75) is 19.1 Å². The molecule has 0 bridgehead atoms. The highest BCUT2D eigenvalue weighted by Gasteiger charge is 2.31. The van der Waals surface area contributed by atoms with Crippen molar-refractivity contribution in [3.63, 3.8) is 0 Å². The molecular weight excluding hydrogens is 301 g/mol. The maximum absolute atomic E-state index is 12.7. The molecular formula is C14H17Cl2NO3. The van der Waals surface area contributed by atoms with Crippen LogP contribution in [-0.4, -0.2) is 49.1 Å². The lowest BCUT2D eigenvalue weighted by atomic mass is 10.1. The van der Waals surface area contributed by atoms with Crippen LogP contribution in [0.2, 0.25) is 5.02 Å². The summed E-state index contributed by atoms with van der Waals surface area (Å²) in [5, 5.41) is 0.534. The normalized spacial score (nSPS) is 22.7. The summed E-state index contributed by atoms with van der Waals surface area (Å²) in [4.78, 5) is 14.4. The van der Waals surface area contributed by atoms with E-state index in [1.165, 1.54) is 7.11 Å². The standard InChI is InChI=1S/C14H17Cl2NO3/c1-9-8-20-11(6-15)7-17(9)14(18)12-4-3-10(16)5-13(12)19-2/h3-5,9,11H,6-8H2,1-2H3. The number of morpholine rings is 1. The minimum absolute atomic E-state index is 0.00218. The molecule has 1 aliphatic rings. The molecule has 1 aromatic carbocycles. The Bertz CT molecular complexity index is 495. The topological polar surface area (TPSA) is 38.8 Å². The van der Waals surface area contributed by atoms with Crippen molar-refractivity contribution in [3.8, 4) is 5.75 Å². The molecule has 1 saturated heterocycles. The quantitative estimate of drug-likeness (QED) is 0.805. The molecule has 4 nitrogen and oxygen atoms in total. The van der Waals surface area contributed by atoms with Crippen LogP contribution in [0.25, 0.3) is 0 Å². The van der Waals surface area contributed by atoms with Gasteiger partial charge in [-0.3, -0.25) is 4.79 Å². The first-order valence-corrected chi connectivity index (χ1v) is 7.30. The first-order valence-electron chi connectivity index (χ1n) is 6.39. The fourth-order valence-corrected chi connectivity index (χ4v) is 2.54. The van der Waals surface area contributed by atoms with Crippen LogP contribution < -0.4 is 4.74 Å². The zero-order valence-corrected chi connectivity index (χ0v) is 12.9. The highest BCUT2D eigenvalue weighted by molar-refractivity contribution is 6.30. The number of carbonyl (C=O) groups excluding carboxylic acids is 1. The molecule has 1 fully saturated rings. The summed E-state index contributed by atoms with van der Waals surface area (Å²) in [6.07, 6.45) is -0.130. The van der Waals surface area contributed by atoms with E-state index in [2.05, 4.69) is 0 Å². The van der Waals surface area contributed by atoms with Gasteiger partial charge in [0.25, 0.3) is 5.91 Å². The van der Waals surface area contributed by atoms with E-state index in [-0.39, 0.29) is 18.1 Å². The predicted molar refractivity (Wildman–Crippen MR) is 79.0 cm³/mol.